The Bertz CT molecular complexity index is 558. The van der Waals surface area contributed by atoms with Gasteiger partial charge in [0.25, 0.3) is 0 Å². The van der Waals surface area contributed by atoms with Crippen LogP contribution in [0.5, 0.6) is 5.88 Å². The molecule has 0 spiro atoms. The highest BCUT2D eigenvalue weighted by Gasteiger charge is 2.06. The van der Waals surface area contributed by atoms with Crippen molar-refractivity contribution in [1.82, 2.24) is 10.3 Å². The lowest BCUT2D eigenvalue weighted by molar-refractivity contribution is 0.398. The van der Waals surface area contributed by atoms with E-state index in [9.17, 15) is 4.39 Å². The quantitative estimate of drug-likeness (QED) is 0.897. The van der Waals surface area contributed by atoms with Crippen molar-refractivity contribution in [3.05, 3.63) is 47.9 Å². The number of benzene rings is 1. The molecule has 2 aromatic rings. The minimum Gasteiger partial charge on any atom is -0.481 e. The van der Waals surface area contributed by atoms with E-state index in [4.69, 9.17) is 4.74 Å². The van der Waals surface area contributed by atoms with E-state index >= 15 is 0 Å². The van der Waals surface area contributed by atoms with E-state index in [1.54, 1.807) is 19.4 Å². The van der Waals surface area contributed by atoms with Gasteiger partial charge in [-0.2, -0.15) is 0 Å². The summed E-state index contributed by atoms with van der Waals surface area (Å²) >= 11 is 0. The lowest BCUT2D eigenvalue weighted by Crippen LogP contribution is -2.12. The number of methoxy groups -OCH3 is 1. The molecular weight excluding hydrogens is 243 g/mol. The van der Waals surface area contributed by atoms with Gasteiger partial charge in [0.15, 0.2) is 0 Å². The van der Waals surface area contributed by atoms with Crippen molar-refractivity contribution >= 4 is 0 Å². The van der Waals surface area contributed by atoms with Gasteiger partial charge >= 0.3 is 0 Å². The fraction of sp³-hybridized carbons (Fsp3) is 0.267. The number of aromatic nitrogens is 1. The van der Waals surface area contributed by atoms with Crippen LogP contribution in [-0.2, 0) is 6.54 Å². The van der Waals surface area contributed by atoms with E-state index in [0.29, 0.717) is 18.0 Å². The first-order valence-electron chi connectivity index (χ1n) is 6.24. The fourth-order valence-corrected chi connectivity index (χ4v) is 1.85. The summed E-state index contributed by atoms with van der Waals surface area (Å²) in [6.07, 6.45) is 1.68. The fourth-order valence-electron chi connectivity index (χ4n) is 1.85. The topological polar surface area (TPSA) is 34.2 Å². The predicted octanol–water partition coefficient (Wildman–Crippen LogP) is 3.01. The van der Waals surface area contributed by atoms with Gasteiger partial charge in [0.1, 0.15) is 5.82 Å². The predicted molar refractivity (Wildman–Crippen MR) is 73.6 cm³/mol. The largest absolute Gasteiger partial charge is 0.481 e. The molecule has 3 nitrogen and oxygen atoms in total. The zero-order valence-electron chi connectivity index (χ0n) is 11.1. The Balaban J connectivity index is 2.33. The molecule has 19 heavy (non-hydrogen) atoms. The summed E-state index contributed by atoms with van der Waals surface area (Å²) in [5.74, 6) is 0.362. The molecule has 1 aromatic carbocycles. The second kappa shape index (κ2) is 6.29. The molecular formula is C15H17FN2O. The molecule has 2 rings (SSSR count). The van der Waals surface area contributed by atoms with Gasteiger partial charge in [-0.05, 0) is 35.9 Å². The van der Waals surface area contributed by atoms with Crippen LogP contribution in [0.4, 0.5) is 4.39 Å². The average Bonchev–Trinajstić information content (AvgIpc) is 2.46. The Hall–Kier alpha value is -1.94. The van der Waals surface area contributed by atoms with E-state index in [2.05, 4.69) is 10.3 Å². The van der Waals surface area contributed by atoms with Crippen LogP contribution < -0.4 is 10.1 Å². The smallest absolute Gasteiger partial charge is 0.213 e. The van der Waals surface area contributed by atoms with Crippen LogP contribution in [0.15, 0.2) is 36.5 Å². The van der Waals surface area contributed by atoms with Crippen LogP contribution in [0, 0.1) is 5.82 Å². The summed E-state index contributed by atoms with van der Waals surface area (Å²) in [6.45, 7) is 3.33. The minimum atomic E-state index is -0.189. The lowest BCUT2D eigenvalue weighted by Gasteiger charge is -2.08. The highest BCUT2D eigenvalue weighted by Crippen LogP contribution is 2.24. The standard InChI is InChI=1S/C15H17FN2O/c1-3-17-10-13-8-11(4-5-14(13)16)12-6-7-18-15(9-12)19-2/h4-9,17H,3,10H2,1-2H3. The molecule has 0 aliphatic carbocycles. The number of halogens is 1. The van der Waals surface area contributed by atoms with Crippen molar-refractivity contribution in [3.8, 4) is 17.0 Å². The van der Waals surface area contributed by atoms with E-state index in [1.165, 1.54) is 6.07 Å². The lowest BCUT2D eigenvalue weighted by atomic mass is 10.0. The molecule has 0 unspecified atom stereocenters. The van der Waals surface area contributed by atoms with Crippen LogP contribution in [-0.4, -0.2) is 18.6 Å². The number of hydrogen-bond acceptors (Lipinski definition) is 3. The van der Waals surface area contributed by atoms with Crippen LogP contribution >= 0.6 is 0 Å². The number of rotatable bonds is 5. The summed E-state index contributed by atoms with van der Waals surface area (Å²) in [5, 5.41) is 3.13. The van der Waals surface area contributed by atoms with Gasteiger partial charge in [0.05, 0.1) is 7.11 Å². The Morgan fingerprint density at radius 2 is 2.00 bits per heavy atom. The SMILES string of the molecule is CCNCc1cc(-c2ccnc(OC)c2)ccc1F. The molecule has 0 saturated heterocycles. The average molecular weight is 260 g/mol. The second-order valence-electron chi connectivity index (χ2n) is 4.17. The van der Waals surface area contributed by atoms with Crippen molar-refractivity contribution < 1.29 is 9.13 Å². The van der Waals surface area contributed by atoms with Gasteiger partial charge < -0.3 is 10.1 Å². The van der Waals surface area contributed by atoms with Crippen molar-refractivity contribution in [3.63, 3.8) is 0 Å². The number of hydrogen-bond donors (Lipinski definition) is 1. The summed E-state index contributed by atoms with van der Waals surface area (Å²) in [7, 11) is 1.58. The van der Waals surface area contributed by atoms with Crippen LogP contribution in [0.1, 0.15) is 12.5 Å². The molecule has 100 valence electrons. The van der Waals surface area contributed by atoms with E-state index < -0.39 is 0 Å². The third-order valence-corrected chi connectivity index (χ3v) is 2.89. The number of ether oxygens (including phenoxy) is 1. The van der Waals surface area contributed by atoms with Gasteiger partial charge in [-0.3, -0.25) is 0 Å². The van der Waals surface area contributed by atoms with Crippen LogP contribution in [0.3, 0.4) is 0 Å². The zero-order valence-corrected chi connectivity index (χ0v) is 11.1. The summed E-state index contributed by atoms with van der Waals surface area (Å²) in [6, 6.07) is 8.83. The second-order valence-corrected chi connectivity index (χ2v) is 4.17. The van der Waals surface area contributed by atoms with Crippen LogP contribution in [0.25, 0.3) is 11.1 Å². The maximum absolute atomic E-state index is 13.7. The molecule has 0 fully saturated rings. The normalized spacial score (nSPS) is 10.5. The van der Waals surface area contributed by atoms with E-state index in [0.717, 1.165) is 17.7 Å². The van der Waals surface area contributed by atoms with Gasteiger partial charge in [0, 0.05) is 24.4 Å². The third kappa shape index (κ3) is 3.29. The molecule has 1 N–H and O–H groups in total. The highest BCUT2D eigenvalue weighted by molar-refractivity contribution is 5.64. The molecule has 0 bridgehead atoms. The minimum absolute atomic E-state index is 0.189. The maximum Gasteiger partial charge on any atom is 0.213 e. The van der Waals surface area contributed by atoms with Crippen molar-refractivity contribution in [2.45, 2.75) is 13.5 Å². The van der Waals surface area contributed by atoms with E-state index in [-0.39, 0.29) is 5.82 Å². The third-order valence-electron chi connectivity index (χ3n) is 2.89. The maximum atomic E-state index is 13.7. The molecule has 1 heterocycles. The first-order valence-corrected chi connectivity index (χ1v) is 6.24. The Kier molecular flexibility index (Phi) is 4.47. The molecule has 0 saturated carbocycles. The number of nitrogens with zero attached hydrogens (tertiary/aromatic N) is 1. The molecule has 4 heteroatoms. The van der Waals surface area contributed by atoms with Gasteiger partial charge in [-0.15, -0.1) is 0 Å². The van der Waals surface area contributed by atoms with Gasteiger partial charge in [0.2, 0.25) is 5.88 Å². The zero-order chi connectivity index (χ0) is 13.7. The first kappa shape index (κ1) is 13.5. The van der Waals surface area contributed by atoms with Crippen molar-refractivity contribution in [2.75, 3.05) is 13.7 Å². The van der Waals surface area contributed by atoms with Gasteiger partial charge in [-0.1, -0.05) is 13.0 Å². The summed E-state index contributed by atoms with van der Waals surface area (Å²) < 4.78 is 18.8. The Morgan fingerprint density at radius 1 is 1.21 bits per heavy atom. The van der Waals surface area contributed by atoms with Crippen molar-refractivity contribution in [1.29, 1.82) is 0 Å². The molecule has 0 aliphatic rings. The number of nitrogens with one attached hydrogen (secondary N) is 1. The van der Waals surface area contributed by atoms with E-state index in [1.807, 2.05) is 25.1 Å². The molecule has 0 radical (unpaired) electrons. The monoisotopic (exact) mass is 260 g/mol. The van der Waals surface area contributed by atoms with Crippen molar-refractivity contribution in [2.24, 2.45) is 0 Å². The van der Waals surface area contributed by atoms with Crippen LogP contribution in [0.2, 0.25) is 0 Å². The van der Waals surface area contributed by atoms with Gasteiger partial charge in [-0.25, -0.2) is 9.37 Å². The Morgan fingerprint density at radius 3 is 2.74 bits per heavy atom. The molecule has 0 amide bonds. The summed E-state index contributed by atoms with van der Waals surface area (Å²) in [4.78, 5) is 4.06. The Labute approximate surface area is 112 Å². The molecule has 0 atom stereocenters. The number of pyridine rings is 1. The molecule has 0 aliphatic heterocycles. The first-order chi connectivity index (χ1) is 9.24. The highest BCUT2D eigenvalue weighted by atomic mass is 19.1. The molecule has 1 aromatic heterocycles. The summed E-state index contributed by atoms with van der Waals surface area (Å²) in [5.41, 5.74) is 2.58.